The molecular weight excluding hydrogens is 166 g/mol. The fourth-order valence-electron chi connectivity index (χ4n) is 1.97. The minimum Gasteiger partial charge on any atom is -0.310 e. The number of hydrogen-bond donors (Lipinski definition) is 1. The number of nitrogens with one attached hydrogen (secondary N) is 1. The van der Waals surface area contributed by atoms with E-state index in [1.165, 1.54) is 16.9 Å². The lowest BCUT2D eigenvalue weighted by atomic mass is 9.99. The number of hydrogen-bond acceptors (Lipinski definition) is 2. The van der Waals surface area contributed by atoms with Crippen molar-refractivity contribution in [3.63, 3.8) is 0 Å². The molecule has 1 unspecified atom stereocenters. The molecule has 0 aliphatic carbocycles. The predicted octanol–water partition coefficient (Wildman–Crippen LogP) is 2.57. The first-order valence-corrected chi connectivity index (χ1v) is 5.34. The Morgan fingerprint density at radius 3 is 2.83 bits per heavy atom. The van der Waals surface area contributed by atoms with Crippen LogP contribution in [0.1, 0.15) is 33.8 Å². The first kappa shape index (κ1) is 8.27. The largest absolute Gasteiger partial charge is 0.310 e. The Kier molecular flexibility index (Phi) is 1.97. The molecule has 1 aromatic heterocycles. The monoisotopic (exact) mass is 181 g/mol. The van der Waals surface area contributed by atoms with Crippen LogP contribution in [0.15, 0.2) is 0 Å². The van der Waals surface area contributed by atoms with Gasteiger partial charge in [0, 0.05) is 22.3 Å². The number of fused-ring (bicyclic) bond motifs is 1. The van der Waals surface area contributed by atoms with Crippen LogP contribution in [-0.2, 0) is 6.42 Å². The molecule has 66 valence electrons. The van der Waals surface area contributed by atoms with Crippen molar-refractivity contribution >= 4 is 11.3 Å². The van der Waals surface area contributed by atoms with Crippen molar-refractivity contribution in [1.82, 2.24) is 5.32 Å². The van der Waals surface area contributed by atoms with Gasteiger partial charge in [0.1, 0.15) is 0 Å². The minimum absolute atomic E-state index is 0.568. The molecule has 0 fully saturated rings. The summed E-state index contributed by atoms with van der Waals surface area (Å²) in [6.45, 7) is 7.88. The Bertz CT molecular complexity index is 301. The molecule has 1 nitrogen and oxygen atoms in total. The summed E-state index contributed by atoms with van der Waals surface area (Å²) >= 11 is 1.98. The van der Waals surface area contributed by atoms with Crippen LogP contribution in [0.5, 0.6) is 0 Å². The summed E-state index contributed by atoms with van der Waals surface area (Å²) in [6, 6.07) is 0.568. The van der Waals surface area contributed by atoms with Crippen LogP contribution in [0, 0.1) is 13.8 Å². The van der Waals surface area contributed by atoms with E-state index in [9.17, 15) is 0 Å². The zero-order chi connectivity index (χ0) is 8.72. The summed E-state index contributed by atoms with van der Waals surface area (Å²) in [5.74, 6) is 0. The van der Waals surface area contributed by atoms with E-state index in [4.69, 9.17) is 0 Å². The van der Waals surface area contributed by atoms with Gasteiger partial charge in [-0.2, -0.15) is 0 Å². The molecular formula is C10H15NS. The highest BCUT2D eigenvalue weighted by atomic mass is 32.1. The van der Waals surface area contributed by atoms with Crippen LogP contribution in [0.25, 0.3) is 0 Å². The molecule has 0 bridgehead atoms. The standard InChI is InChI=1S/C10H15NS/c1-6-8(3)12-9-4-5-11-7(2)10(6)9/h7,11H,4-5H2,1-3H3. The Hall–Kier alpha value is -0.340. The summed E-state index contributed by atoms with van der Waals surface area (Å²) in [5, 5.41) is 3.50. The SMILES string of the molecule is Cc1sc2c(c1C)C(C)NCC2. The van der Waals surface area contributed by atoms with Crippen molar-refractivity contribution in [2.75, 3.05) is 6.54 Å². The Morgan fingerprint density at radius 2 is 2.17 bits per heavy atom. The van der Waals surface area contributed by atoms with E-state index >= 15 is 0 Å². The fourth-order valence-corrected chi connectivity index (χ4v) is 3.25. The molecule has 0 saturated heterocycles. The molecule has 0 amide bonds. The fraction of sp³-hybridized carbons (Fsp3) is 0.600. The molecule has 1 aromatic rings. The highest BCUT2D eigenvalue weighted by molar-refractivity contribution is 7.12. The van der Waals surface area contributed by atoms with Crippen molar-refractivity contribution in [1.29, 1.82) is 0 Å². The third-order valence-electron chi connectivity index (χ3n) is 2.74. The maximum Gasteiger partial charge on any atom is 0.0305 e. The van der Waals surface area contributed by atoms with Crippen LogP contribution in [-0.4, -0.2) is 6.54 Å². The zero-order valence-corrected chi connectivity index (χ0v) is 8.72. The van der Waals surface area contributed by atoms with Crippen LogP contribution in [0.3, 0.4) is 0 Å². The van der Waals surface area contributed by atoms with Crippen LogP contribution >= 0.6 is 11.3 Å². The summed E-state index contributed by atoms with van der Waals surface area (Å²) in [6.07, 6.45) is 1.22. The lowest BCUT2D eigenvalue weighted by molar-refractivity contribution is 0.544. The van der Waals surface area contributed by atoms with Gasteiger partial charge in [-0.3, -0.25) is 0 Å². The summed E-state index contributed by atoms with van der Waals surface area (Å²) < 4.78 is 0. The summed E-state index contributed by atoms with van der Waals surface area (Å²) in [4.78, 5) is 3.10. The first-order chi connectivity index (χ1) is 5.70. The molecule has 2 heterocycles. The van der Waals surface area contributed by atoms with Crippen LogP contribution in [0.2, 0.25) is 0 Å². The molecule has 0 spiro atoms. The van der Waals surface area contributed by atoms with Crippen LogP contribution < -0.4 is 5.32 Å². The second kappa shape index (κ2) is 2.86. The Morgan fingerprint density at radius 1 is 1.42 bits per heavy atom. The number of rotatable bonds is 0. The molecule has 1 N–H and O–H groups in total. The quantitative estimate of drug-likeness (QED) is 0.648. The highest BCUT2D eigenvalue weighted by Gasteiger charge is 2.20. The molecule has 12 heavy (non-hydrogen) atoms. The average molecular weight is 181 g/mol. The third-order valence-corrected chi connectivity index (χ3v) is 4.03. The van der Waals surface area contributed by atoms with Gasteiger partial charge in [0.2, 0.25) is 0 Å². The first-order valence-electron chi connectivity index (χ1n) is 4.52. The van der Waals surface area contributed by atoms with E-state index in [0.29, 0.717) is 6.04 Å². The second-order valence-electron chi connectivity index (χ2n) is 3.55. The minimum atomic E-state index is 0.568. The van der Waals surface area contributed by atoms with Gasteiger partial charge >= 0.3 is 0 Å². The second-order valence-corrected chi connectivity index (χ2v) is 4.86. The maximum absolute atomic E-state index is 3.50. The summed E-state index contributed by atoms with van der Waals surface area (Å²) in [7, 11) is 0. The predicted molar refractivity (Wildman–Crippen MR) is 53.9 cm³/mol. The lowest BCUT2D eigenvalue weighted by Crippen LogP contribution is -2.26. The number of thiophene rings is 1. The van der Waals surface area contributed by atoms with Gasteiger partial charge in [-0.1, -0.05) is 0 Å². The Labute approximate surface area is 77.8 Å². The van der Waals surface area contributed by atoms with Crippen molar-refractivity contribution in [2.45, 2.75) is 33.2 Å². The normalized spacial score (nSPS) is 22.4. The van der Waals surface area contributed by atoms with Crippen molar-refractivity contribution in [3.05, 3.63) is 20.9 Å². The molecule has 0 aromatic carbocycles. The summed E-state index contributed by atoms with van der Waals surface area (Å²) in [5.41, 5.74) is 3.08. The van der Waals surface area contributed by atoms with Crippen molar-refractivity contribution in [2.24, 2.45) is 0 Å². The van der Waals surface area contributed by atoms with Gasteiger partial charge in [-0.25, -0.2) is 0 Å². The van der Waals surface area contributed by atoms with Crippen molar-refractivity contribution < 1.29 is 0 Å². The van der Waals surface area contributed by atoms with Gasteiger partial charge < -0.3 is 5.32 Å². The highest BCUT2D eigenvalue weighted by Crippen LogP contribution is 2.34. The van der Waals surface area contributed by atoms with Gasteiger partial charge in [0.05, 0.1) is 0 Å². The van der Waals surface area contributed by atoms with Crippen LogP contribution in [0.4, 0.5) is 0 Å². The molecule has 2 rings (SSSR count). The zero-order valence-electron chi connectivity index (χ0n) is 7.90. The van der Waals surface area contributed by atoms with Crippen molar-refractivity contribution in [3.8, 4) is 0 Å². The Balaban J connectivity index is 2.54. The van der Waals surface area contributed by atoms with E-state index in [1.54, 1.807) is 10.4 Å². The third kappa shape index (κ3) is 1.10. The maximum atomic E-state index is 3.50. The molecule has 1 aliphatic rings. The molecule has 1 aliphatic heterocycles. The lowest BCUT2D eigenvalue weighted by Gasteiger charge is -2.21. The van der Waals surface area contributed by atoms with E-state index in [0.717, 1.165) is 6.54 Å². The average Bonchev–Trinajstić information content (AvgIpc) is 2.29. The molecule has 1 atom stereocenters. The molecule has 0 saturated carbocycles. The van der Waals surface area contributed by atoms with E-state index < -0.39 is 0 Å². The molecule has 0 radical (unpaired) electrons. The van der Waals surface area contributed by atoms with Gasteiger partial charge in [-0.05, 0) is 38.3 Å². The smallest absolute Gasteiger partial charge is 0.0305 e. The topological polar surface area (TPSA) is 12.0 Å². The van der Waals surface area contributed by atoms with Gasteiger partial charge in [0.25, 0.3) is 0 Å². The van der Waals surface area contributed by atoms with E-state index in [2.05, 4.69) is 26.1 Å². The van der Waals surface area contributed by atoms with Gasteiger partial charge in [0.15, 0.2) is 0 Å². The molecule has 2 heteroatoms. The van der Waals surface area contributed by atoms with E-state index in [1.807, 2.05) is 11.3 Å². The number of aryl methyl sites for hydroxylation is 1. The van der Waals surface area contributed by atoms with Gasteiger partial charge in [-0.15, -0.1) is 11.3 Å². The van der Waals surface area contributed by atoms with E-state index in [-0.39, 0.29) is 0 Å².